The van der Waals surface area contributed by atoms with E-state index in [1.165, 1.54) is 4.22 Å². The summed E-state index contributed by atoms with van der Waals surface area (Å²) in [5.74, 6) is -0.575. The van der Waals surface area contributed by atoms with Gasteiger partial charge < -0.3 is 4.65 Å². The van der Waals surface area contributed by atoms with E-state index in [0.29, 0.717) is 10.5 Å². The molecule has 1 unspecified atom stereocenters. The molecule has 0 N–H and O–H groups in total. The van der Waals surface area contributed by atoms with E-state index in [4.69, 9.17) is 16.3 Å². The van der Waals surface area contributed by atoms with Crippen LogP contribution in [0.3, 0.4) is 0 Å². The fraction of sp³-hybridized carbons (Fsp3) is 0.136. The molecule has 0 bridgehead atoms. The molecule has 1 fully saturated rings. The molecule has 0 radical (unpaired) electrons. The molecule has 1 atom stereocenters. The summed E-state index contributed by atoms with van der Waals surface area (Å²) in [5.41, 5.74) is 2.33. The fourth-order valence-electron chi connectivity index (χ4n) is 3.49. The Morgan fingerprint density at radius 3 is 2.23 bits per heavy atom. The van der Waals surface area contributed by atoms with Gasteiger partial charge in [0.25, 0.3) is 0 Å². The summed E-state index contributed by atoms with van der Waals surface area (Å²) < 4.78 is 34.0. The summed E-state index contributed by atoms with van der Waals surface area (Å²) in [6.07, 6.45) is 0.217. The third-order valence-electron chi connectivity index (χ3n) is 5.06. The number of hydrogen-bond donors (Lipinski definition) is 0. The second-order valence-corrected chi connectivity index (χ2v) is 9.47. The molecule has 152 valence electrons. The fourth-order valence-corrected chi connectivity index (χ4v) is 5.25. The molecular formula is C22H19BClNO4S. The van der Waals surface area contributed by atoms with Gasteiger partial charge in [-0.15, -0.1) is 0 Å². The van der Waals surface area contributed by atoms with Crippen LogP contribution in [-0.4, -0.2) is 31.7 Å². The largest absolute Gasteiger partial charge is 0.514 e. The van der Waals surface area contributed by atoms with Crippen LogP contribution in [-0.2, 0) is 25.9 Å². The Bertz CT molecular complexity index is 1150. The van der Waals surface area contributed by atoms with Crippen molar-refractivity contribution < 1.29 is 17.9 Å². The molecule has 4 rings (SSSR count). The SMILES string of the molecule is Cc1ccc(S(=O)(=O)N2B(c3ccc(Cl)cc3)OC(=O)C2Cc2ccccc2)cc1. The molecule has 1 heterocycles. The number of hydrogen-bond acceptors (Lipinski definition) is 4. The highest BCUT2D eigenvalue weighted by atomic mass is 35.5. The van der Waals surface area contributed by atoms with E-state index in [1.54, 1.807) is 48.5 Å². The van der Waals surface area contributed by atoms with Crippen molar-refractivity contribution in [2.24, 2.45) is 0 Å². The number of carbonyl (C=O) groups is 1. The van der Waals surface area contributed by atoms with Crippen molar-refractivity contribution in [3.63, 3.8) is 0 Å². The molecule has 0 aliphatic carbocycles. The van der Waals surface area contributed by atoms with E-state index in [-0.39, 0.29) is 11.3 Å². The molecule has 0 aromatic heterocycles. The highest BCUT2D eigenvalue weighted by Gasteiger charge is 2.53. The minimum Gasteiger partial charge on any atom is -0.514 e. The Morgan fingerprint density at radius 1 is 0.967 bits per heavy atom. The molecule has 1 aliphatic rings. The van der Waals surface area contributed by atoms with Crippen LogP contribution in [0.4, 0.5) is 0 Å². The zero-order valence-corrected chi connectivity index (χ0v) is 17.8. The Morgan fingerprint density at radius 2 is 1.60 bits per heavy atom. The summed E-state index contributed by atoms with van der Waals surface area (Å²) >= 11 is 5.98. The lowest BCUT2D eigenvalue weighted by atomic mass is 9.74. The molecule has 0 saturated carbocycles. The van der Waals surface area contributed by atoms with Gasteiger partial charge in [-0.2, -0.15) is 4.22 Å². The minimum absolute atomic E-state index is 0.114. The van der Waals surface area contributed by atoms with Gasteiger partial charge in [0.15, 0.2) is 0 Å². The molecule has 3 aromatic rings. The summed E-state index contributed by atoms with van der Waals surface area (Å²) in [7, 11) is -5.07. The summed E-state index contributed by atoms with van der Waals surface area (Å²) in [4.78, 5) is 12.9. The summed E-state index contributed by atoms with van der Waals surface area (Å²) in [5, 5.41) is 0.511. The number of carbonyl (C=O) groups excluding carboxylic acids is 1. The molecule has 1 saturated heterocycles. The van der Waals surface area contributed by atoms with Gasteiger partial charge in [-0.1, -0.05) is 71.8 Å². The Balaban J connectivity index is 1.80. The standard InChI is InChI=1S/C22H19BClNO4S/c1-16-7-13-20(14-8-16)30(27,28)25-21(15-17-5-3-2-4-6-17)22(26)29-23(25)18-9-11-19(24)12-10-18/h2-14,21H,15H2,1H3. The van der Waals surface area contributed by atoms with Crippen molar-refractivity contribution in [3.05, 3.63) is 95.0 Å². The van der Waals surface area contributed by atoms with Crippen LogP contribution in [0.1, 0.15) is 11.1 Å². The average molecular weight is 440 g/mol. The lowest BCUT2D eigenvalue weighted by Gasteiger charge is -2.24. The van der Waals surface area contributed by atoms with Crippen molar-refractivity contribution in [1.82, 2.24) is 4.22 Å². The molecule has 3 aromatic carbocycles. The van der Waals surface area contributed by atoms with Crippen LogP contribution in [0.5, 0.6) is 0 Å². The van der Waals surface area contributed by atoms with E-state index in [0.717, 1.165) is 11.1 Å². The lowest BCUT2D eigenvalue weighted by molar-refractivity contribution is -0.134. The highest BCUT2D eigenvalue weighted by molar-refractivity contribution is 7.90. The number of benzene rings is 3. The van der Waals surface area contributed by atoms with Gasteiger partial charge in [-0.3, -0.25) is 4.79 Å². The predicted molar refractivity (Wildman–Crippen MR) is 117 cm³/mol. The maximum Gasteiger partial charge on any atom is 0.502 e. The maximum atomic E-state index is 13.6. The molecular weight excluding hydrogens is 421 g/mol. The van der Waals surface area contributed by atoms with Gasteiger partial charge >= 0.3 is 13.0 Å². The molecule has 30 heavy (non-hydrogen) atoms. The highest BCUT2D eigenvalue weighted by Crippen LogP contribution is 2.28. The summed E-state index contributed by atoms with van der Waals surface area (Å²) in [6.45, 7) is 1.88. The normalized spacial score (nSPS) is 17.2. The van der Waals surface area contributed by atoms with Crippen molar-refractivity contribution in [2.45, 2.75) is 24.3 Å². The zero-order chi connectivity index (χ0) is 21.3. The first-order valence-corrected chi connectivity index (χ1v) is 11.3. The van der Waals surface area contributed by atoms with Gasteiger partial charge in [0.05, 0.1) is 4.90 Å². The molecule has 0 amide bonds. The number of nitrogens with zero attached hydrogens (tertiary/aromatic N) is 1. The molecule has 8 heteroatoms. The van der Waals surface area contributed by atoms with Crippen molar-refractivity contribution in [1.29, 1.82) is 0 Å². The second kappa shape index (κ2) is 8.26. The number of sulfonamides is 1. The third kappa shape index (κ3) is 4.01. The molecule has 1 aliphatic heterocycles. The topological polar surface area (TPSA) is 63.7 Å². The first-order chi connectivity index (χ1) is 14.4. The minimum atomic E-state index is -4.01. The number of aryl methyl sites for hydroxylation is 1. The van der Waals surface area contributed by atoms with Crippen LogP contribution in [0, 0.1) is 6.92 Å². The maximum absolute atomic E-state index is 13.6. The Labute approximate surface area is 181 Å². The van der Waals surface area contributed by atoms with Crippen molar-refractivity contribution in [3.8, 4) is 0 Å². The van der Waals surface area contributed by atoms with Crippen LogP contribution in [0.15, 0.2) is 83.8 Å². The van der Waals surface area contributed by atoms with E-state index in [9.17, 15) is 13.2 Å². The van der Waals surface area contributed by atoms with E-state index in [1.807, 2.05) is 37.3 Å². The monoisotopic (exact) mass is 439 g/mol. The van der Waals surface area contributed by atoms with Gasteiger partial charge in [0.1, 0.15) is 6.04 Å². The first-order valence-electron chi connectivity index (χ1n) is 9.46. The lowest BCUT2D eigenvalue weighted by Crippen LogP contribution is -2.51. The van der Waals surface area contributed by atoms with E-state index in [2.05, 4.69) is 0 Å². The quantitative estimate of drug-likeness (QED) is 0.573. The first kappa shape index (κ1) is 20.7. The third-order valence-corrected chi connectivity index (χ3v) is 7.18. The van der Waals surface area contributed by atoms with E-state index < -0.39 is 29.1 Å². The van der Waals surface area contributed by atoms with Crippen LogP contribution in [0.2, 0.25) is 5.02 Å². The van der Waals surface area contributed by atoms with Gasteiger partial charge in [-0.05, 0) is 48.6 Å². The van der Waals surface area contributed by atoms with E-state index >= 15 is 0 Å². The van der Waals surface area contributed by atoms with Crippen LogP contribution < -0.4 is 5.46 Å². The summed E-state index contributed by atoms with van der Waals surface area (Å²) in [6, 6.07) is 21.5. The average Bonchev–Trinajstić information content (AvgIpc) is 3.06. The number of halogens is 1. The Hall–Kier alpha value is -2.61. The number of rotatable bonds is 5. The van der Waals surface area contributed by atoms with Gasteiger partial charge in [0, 0.05) is 5.02 Å². The smallest absolute Gasteiger partial charge is 0.502 e. The van der Waals surface area contributed by atoms with Gasteiger partial charge in [-0.25, -0.2) is 8.42 Å². The van der Waals surface area contributed by atoms with Gasteiger partial charge in [0.2, 0.25) is 10.0 Å². The molecule has 0 spiro atoms. The van der Waals surface area contributed by atoms with Crippen LogP contribution >= 0.6 is 11.6 Å². The predicted octanol–water partition coefficient (Wildman–Crippen LogP) is 3.20. The van der Waals surface area contributed by atoms with Crippen molar-refractivity contribution in [2.75, 3.05) is 0 Å². The molecule has 5 nitrogen and oxygen atoms in total. The zero-order valence-electron chi connectivity index (χ0n) is 16.2. The van der Waals surface area contributed by atoms with Crippen molar-refractivity contribution >= 4 is 40.1 Å². The second-order valence-electron chi connectivity index (χ2n) is 7.19. The van der Waals surface area contributed by atoms with Crippen LogP contribution in [0.25, 0.3) is 0 Å². The Kier molecular flexibility index (Phi) is 5.69.